The molecule has 0 amide bonds. The summed E-state index contributed by atoms with van der Waals surface area (Å²) >= 11 is 0. The van der Waals surface area contributed by atoms with Crippen molar-refractivity contribution in [1.82, 2.24) is 0 Å². The Balaban J connectivity index is -0.0000000150. The van der Waals surface area contributed by atoms with Crippen LogP contribution in [0.4, 0.5) is 0 Å². The van der Waals surface area contributed by atoms with E-state index < -0.39 is 5.97 Å². The summed E-state index contributed by atoms with van der Waals surface area (Å²) in [5.74, 6) is -0.833. The van der Waals surface area contributed by atoms with Crippen LogP contribution in [0.1, 0.15) is 6.92 Å². The van der Waals surface area contributed by atoms with Gasteiger partial charge in [-0.3, -0.25) is 4.79 Å². The number of rotatable bonds is 0. The van der Waals surface area contributed by atoms with Crippen molar-refractivity contribution >= 4 is 52.5 Å². The van der Waals surface area contributed by atoms with Crippen molar-refractivity contribution in [1.29, 1.82) is 0 Å². The molecule has 1 radical (unpaired) electrons. The summed E-state index contributed by atoms with van der Waals surface area (Å²) in [6.07, 6.45) is 0. The summed E-state index contributed by atoms with van der Waals surface area (Å²) in [5.41, 5.74) is 0. The van der Waals surface area contributed by atoms with E-state index in [4.69, 9.17) is 9.90 Å². The number of aliphatic carboxylic acids is 1. The van der Waals surface area contributed by atoms with Crippen LogP contribution in [0.5, 0.6) is 0 Å². The summed E-state index contributed by atoms with van der Waals surface area (Å²) in [6, 6.07) is 0. The van der Waals surface area contributed by atoms with E-state index in [1.807, 2.05) is 0 Å². The fraction of sp³-hybridized carbons (Fsp3) is 0.500. The molecule has 0 fully saturated rings. The zero-order chi connectivity index (χ0) is 3.58. The predicted octanol–water partition coefficient (Wildman–Crippen LogP) is 0.0178. The summed E-state index contributed by atoms with van der Waals surface area (Å²) in [5, 5.41) is 7.42. The summed E-state index contributed by atoms with van der Waals surface area (Å²) in [7, 11) is 0. The first kappa shape index (κ1) is 23.7. The monoisotopic (exact) mass is 223 g/mol. The second-order valence-electron chi connectivity index (χ2n) is 0.519. The van der Waals surface area contributed by atoms with E-state index in [1.165, 1.54) is 0 Å². The molecule has 43 valence electrons. The zero-order valence-electron chi connectivity index (χ0n) is 3.10. The second kappa shape index (κ2) is 15.7. The third-order valence-corrected chi connectivity index (χ3v) is 0. The third kappa shape index (κ3) is 105. The molecule has 0 atom stereocenters. The van der Waals surface area contributed by atoms with E-state index in [1.54, 1.807) is 0 Å². The van der Waals surface area contributed by atoms with Gasteiger partial charge in [-0.2, -0.15) is 0 Å². The van der Waals surface area contributed by atoms with E-state index >= 15 is 0 Å². The molecule has 0 rings (SSSR count). The van der Waals surface area contributed by atoms with Crippen LogP contribution in [0.15, 0.2) is 0 Å². The Hall–Kier alpha value is 1.46. The molecule has 0 saturated heterocycles. The normalized spacial score (nSPS) is 3.57. The van der Waals surface area contributed by atoms with Gasteiger partial charge in [-0.15, -0.1) is 17.0 Å². The van der Waals surface area contributed by atoms with Crippen LogP contribution in [0.3, 0.4) is 0 Å². The molecule has 0 aliphatic rings. The van der Waals surface area contributed by atoms with Crippen molar-refractivity contribution in [3.63, 3.8) is 0 Å². The molecule has 0 aromatic rings. The Bertz CT molecular complexity index is 38.7. The van der Waals surface area contributed by atoms with E-state index in [9.17, 15) is 0 Å². The van der Waals surface area contributed by atoms with Gasteiger partial charge in [0.15, 0.2) is 0 Å². The molecule has 0 saturated carbocycles. The third-order valence-electron chi connectivity index (χ3n) is 0. The SMILES string of the molecule is Br.CC(=O)O.[Co].[NaH]. The maximum atomic E-state index is 9.00. The van der Waals surface area contributed by atoms with Gasteiger partial charge in [0, 0.05) is 23.7 Å². The molecule has 5 heteroatoms. The number of hydrogen-bond donors (Lipinski definition) is 1. The van der Waals surface area contributed by atoms with Gasteiger partial charge in [0.1, 0.15) is 0 Å². The fourth-order valence-corrected chi connectivity index (χ4v) is 0. The average Bonchev–Trinajstić information content (AvgIpc) is 0.811. The molecule has 0 heterocycles. The van der Waals surface area contributed by atoms with Crippen molar-refractivity contribution in [2.45, 2.75) is 6.92 Å². The minimum absolute atomic E-state index is 0. The molecule has 0 aromatic heterocycles. The molecule has 0 aromatic carbocycles. The van der Waals surface area contributed by atoms with Gasteiger partial charge < -0.3 is 5.11 Å². The number of carbonyl (C=O) groups is 1. The van der Waals surface area contributed by atoms with Crippen LogP contribution >= 0.6 is 17.0 Å². The number of carboxylic acid groups (broad SMARTS) is 1. The fourth-order valence-electron chi connectivity index (χ4n) is 0. The van der Waals surface area contributed by atoms with Crippen LogP contribution in [-0.4, -0.2) is 40.6 Å². The Morgan fingerprint density at radius 1 is 1.57 bits per heavy atom. The van der Waals surface area contributed by atoms with E-state index in [0.29, 0.717) is 0 Å². The van der Waals surface area contributed by atoms with Crippen molar-refractivity contribution in [3.8, 4) is 0 Å². The number of hydrogen-bond acceptors (Lipinski definition) is 1. The number of carboxylic acids is 1. The standard InChI is InChI=1S/C2H4O2.BrH.Co.Na.H/c1-2(3)4;;;;/h1H3,(H,3,4);1H;;;. The zero-order valence-corrected chi connectivity index (χ0v) is 5.85. The first-order valence-corrected chi connectivity index (χ1v) is 0.928. The van der Waals surface area contributed by atoms with Crippen LogP contribution in [0.2, 0.25) is 0 Å². The van der Waals surface area contributed by atoms with E-state index in [2.05, 4.69) is 0 Å². The van der Waals surface area contributed by atoms with Crippen molar-refractivity contribution in [2.75, 3.05) is 0 Å². The Kier molecular flexibility index (Phi) is 52.9. The molecule has 1 N–H and O–H groups in total. The van der Waals surface area contributed by atoms with Crippen molar-refractivity contribution in [2.24, 2.45) is 0 Å². The van der Waals surface area contributed by atoms with Gasteiger partial charge in [0.2, 0.25) is 0 Å². The average molecular weight is 224 g/mol. The molecular weight excluding hydrogens is 218 g/mol. The Labute approximate surface area is 85.3 Å². The van der Waals surface area contributed by atoms with Crippen molar-refractivity contribution < 1.29 is 26.7 Å². The first-order valence-electron chi connectivity index (χ1n) is 0.928. The second-order valence-corrected chi connectivity index (χ2v) is 0.519. The predicted molar refractivity (Wildman–Crippen MR) is 30.8 cm³/mol. The molecule has 0 spiro atoms. The topological polar surface area (TPSA) is 37.3 Å². The van der Waals surface area contributed by atoms with Gasteiger partial charge in [-0.25, -0.2) is 0 Å². The van der Waals surface area contributed by atoms with Gasteiger partial charge >= 0.3 is 29.6 Å². The van der Waals surface area contributed by atoms with Crippen LogP contribution < -0.4 is 0 Å². The van der Waals surface area contributed by atoms with Gasteiger partial charge in [0.05, 0.1) is 0 Å². The summed E-state index contributed by atoms with van der Waals surface area (Å²) < 4.78 is 0. The van der Waals surface area contributed by atoms with Crippen LogP contribution in [0.25, 0.3) is 0 Å². The maximum absolute atomic E-state index is 9.00. The van der Waals surface area contributed by atoms with Crippen LogP contribution in [-0.2, 0) is 21.6 Å². The van der Waals surface area contributed by atoms with Crippen molar-refractivity contribution in [3.05, 3.63) is 0 Å². The quantitative estimate of drug-likeness (QED) is 0.588. The molecule has 0 unspecified atom stereocenters. The van der Waals surface area contributed by atoms with E-state index in [-0.39, 0.29) is 63.3 Å². The van der Waals surface area contributed by atoms with E-state index in [0.717, 1.165) is 6.92 Å². The Morgan fingerprint density at radius 2 is 1.57 bits per heavy atom. The molecular formula is C2H6BrCoNaO2. The molecule has 2 nitrogen and oxygen atoms in total. The summed E-state index contributed by atoms with van der Waals surface area (Å²) in [6.45, 7) is 1.08. The first-order chi connectivity index (χ1) is 1.73. The molecule has 0 aliphatic carbocycles. The van der Waals surface area contributed by atoms with Gasteiger partial charge in [0.25, 0.3) is 5.97 Å². The molecule has 7 heavy (non-hydrogen) atoms. The molecule has 0 aliphatic heterocycles. The summed E-state index contributed by atoms with van der Waals surface area (Å²) in [4.78, 5) is 9.00. The van der Waals surface area contributed by atoms with Crippen LogP contribution in [0, 0.1) is 0 Å². The van der Waals surface area contributed by atoms with Gasteiger partial charge in [-0.1, -0.05) is 0 Å². The minimum atomic E-state index is -0.833. The molecule has 0 bridgehead atoms. The van der Waals surface area contributed by atoms with Gasteiger partial charge in [-0.05, 0) is 0 Å². The number of halogens is 1. The Morgan fingerprint density at radius 3 is 1.57 bits per heavy atom.